The molecule has 1 N–H and O–H groups in total. The monoisotopic (exact) mass is 483 g/mol. The SMILES string of the molecule is COc1ccc(CC(C)c2cccc[n+]2O)c(Cl)c1C(C)CCn1c(C)ccc(C(C)C)c1=O. The van der Waals surface area contributed by atoms with Gasteiger partial charge in [-0.05, 0) is 55.4 Å². The molecule has 0 aliphatic rings. The Labute approximate surface area is 207 Å². The minimum atomic E-state index is 0.0697. The highest BCUT2D eigenvalue weighted by Crippen LogP contribution is 2.39. The van der Waals surface area contributed by atoms with Crippen molar-refractivity contribution in [3.63, 3.8) is 0 Å². The van der Waals surface area contributed by atoms with Crippen LogP contribution in [0.4, 0.5) is 0 Å². The van der Waals surface area contributed by atoms with E-state index in [9.17, 15) is 10.0 Å². The number of aryl methyl sites for hydroxylation is 1. The molecule has 1 aromatic carbocycles. The van der Waals surface area contributed by atoms with Crippen LogP contribution >= 0.6 is 11.6 Å². The normalized spacial score (nSPS) is 13.2. The fourth-order valence-corrected chi connectivity index (χ4v) is 4.98. The van der Waals surface area contributed by atoms with Crippen molar-refractivity contribution in [1.82, 2.24) is 4.57 Å². The van der Waals surface area contributed by atoms with Gasteiger partial charge in [0.15, 0.2) is 0 Å². The zero-order chi connectivity index (χ0) is 25.0. The summed E-state index contributed by atoms with van der Waals surface area (Å²) < 4.78 is 8.70. The Morgan fingerprint density at radius 3 is 2.44 bits per heavy atom. The molecule has 3 rings (SSSR count). The van der Waals surface area contributed by atoms with Crippen LogP contribution in [0, 0.1) is 6.92 Å². The Hall–Kier alpha value is -2.79. The van der Waals surface area contributed by atoms with Crippen molar-refractivity contribution in [3.8, 4) is 5.75 Å². The molecule has 3 aromatic rings. The Bertz CT molecular complexity index is 1200. The number of pyridine rings is 2. The van der Waals surface area contributed by atoms with Crippen LogP contribution in [0.25, 0.3) is 0 Å². The molecular weight excluding hydrogens is 448 g/mol. The molecule has 2 unspecified atom stereocenters. The predicted octanol–water partition coefficient (Wildman–Crippen LogP) is 6.01. The van der Waals surface area contributed by atoms with E-state index in [2.05, 4.69) is 13.8 Å². The van der Waals surface area contributed by atoms with Crippen LogP contribution in [0.15, 0.2) is 53.5 Å². The lowest BCUT2D eigenvalue weighted by Gasteiger charge is -2.21. The summed E-state index contributed by atoms with van der Waals surface area (Å²) >= 11 is 6.95. The van der Waals surface area contributed by atoms with Gasteiger partial charge in [0.1, 0.15) is 5.75 Å². The molecule has 0 saturated heterocycles. The van der Waals surface area contributed by atoms with E-state index in [0.29, 0.717) is 18.0 Å². The molecule has 2 atom stereocenters. The second-order valence-corrected chi connectivity index (χ2v) is 9.84. The largest absolute Gasteiger partial charge is 0.496 e. The van der Waals surface area contributed by atoms with Crippen LogP contribution in [0.3, 0.4) is 0 Å². The fourth-order valence-electron chi connectivity index (χ4n) is 4.56. The summed E-state index contributed by atoms with van der Waals surface area (Å²) in [5, 5.41) is 10.9. The predicted molar refractivity (Wildman–Crippen MR) is 137 cm³/mol. The smallest absolute Gasteiger partial charge is 0.254 e. The summed E-state index contributed by atoms with van der Waals surface area (Å²) in [6.45, 7) is 10.9. The van der Waals surface area contributed by atoms with Crippen molar-refractivity contribution in [1.29, 1.82) is 0 Å². The Morgan fingerprint density at radius 2 is 1.79 bits per heavy atom. The molecule has 182 valence electrons. The summed E-state index contributed by atoms with van der Waals surface area (Å²) in [4.78, 5) is 13.0. The molecule has 2 heterocycles. The molecule has 34 heavy (non-hydrogen) atoms. The van der Waals surface area contributed by atoms with E-state index in [0.717, 1.165) is 45.0 Å². The highest BCUT2D eigenvalue weighted by Gasteiger charge is 2.23. The van der Waals surface area contributed by atoms with E-state index in [4.69, 9.17) is 16.3 Å². The lowest BCUT2D eigenvalue weighted by Crippen LogP contribution is -2.35. The molecule has 0 fully saturated rings. The van der Waals surface area contributed by atoms with Crippen LogP contribution in [-0.4, -0.2) is 16.9 Å². The standard InChI is InChI=1S/C28H36ClN2O3/c1-18(2)23-12-10-21(5)30(28(23)32)16-14-19(3)26-25(34-6)13-11-22(27(26)29)17-20(4)24-9-7-8-15-31(24)33/h7-13,15,18-20,33H,14,16-17H2,1-6H3/q+1. The van der Waals surface area contributed by atoms with Gasteiger partial charge in [0.2, 0.25) is 11.9 Å². The first-order valence-corrected chi connectivity index (χ1v) is 12.3. The van der Waals surface area contributed by atoms with Crippen molar-refractivity contribution in [3.05, 3.63) is 92.1 Å². The van der Waals surface area contributed by atoms with Crippen molar-refractivity contribution in [2.75, 3.05) is 7.11 Å². The highest BCUT2D eigenvalue weighted by atomic mass is 35.5. The second kappa shape index (κ2) is 11.1. The molecule has 5 nitrogen and oxygen atoms in total. The van der Waals surface area contributed by atoms with Gasteiger partial charge >= 0.3 is 0 Å². The Balaban J connectivity index is 1.87. The lowest BCUT2D eigenvalue weighted by atomic mass is 9.91. The summed E-state index contributed by atoms with van der Waals surface area (Å²) in [6.07, 6.45) is 3.07. The van der Waals surface area contributed by atoms with Gasteiger partial charge in [-0.3, -0.25) is 10.0 Å². The molecule has 0 spiro atoms. The first-order chi connectivity index (χ1) is 16.1. The van der Waals surface area contributed by atoms with Crippen molar-refractivity contribution >= 4 is 11.6 Å². The van der Waals surface area contributed by atoms with Crippen molar-refractivity contribution < 1.29 is 14.7 Å². The van der Waals surface area contributed by atoms with Crippen LogP contribution in [0.5, 0.6) is 5.75 Å². The average Bonchev–Trinajstić information content (AvgIpc) is 2.79. The first-order valence-electron chi connectivity index (χ1n) is 11.9. The molecule has 0 radical (unpaired) electrons. The molecule has 0 aliphatic heterocycles. The van der Waals surface area contributed by atoms with Crippen molar-refractivity contribution in [2.24, 2.45) is 0 Å². The maximum atomic E-state index is 13.0. The van der Waals surface area contributed by atoms with Crippen LogP contribution < -0.4 is 15.0 Å². The first kappa shape index (κ1) is 25.8. The summed E-state index contributed by atoms with van der Waals surface area (Å²) in [5.74, 6) is 1.10. The van der Waals surface area contributed by atoms with E-state index in [1.54, 1.807) is 19.4 Å². The Morgan fingerprint density at radius 1 is 1.06 bits per heavy atom. The van der Waals surface area contributed by atoms with Gasteiger partial charge in [0, 0.05) is 46.1 Å². The highest BCUT2D eigenvalue weighted by molar-refractivity contribution is 6.32. The maximum Gasteiger partial charge on any atom is 0.254 e. The third-order valence-corrected chi connectivity index (χ3v) is 7.11. The van der Waals surface area contributed by atoms with E-state index in [1.807, 2.05) is 61.7 Å². The third kappa shape index (κ3) is 5.47. The molecular formula is C28H36ClN2O3+. The minimum absolute atomic E-state index is 0.0697. The zero-order valence-corrected chi connectivity index (χ0v) is 21.8. The molecule has 0 aliphatic carbocycles. The lowest BCUT2D eigenvalue weighted by molar-refractivity contribution is -0.910. The van der Waals surface area contributed by atoms with Crippen molar-refractivity contribution in [2.45, 2.75) is 71.8 Å². The molecule has 6 heteroatoms. The van der Waals surface area contributed by atoms with Gasteiger partial charge < -0.3 is 9.30 Å². The second-order valence-electron chi connectivity index (χ2n) is 9.46. The Kier molecular flexibility index (Phi) is 8.42. The third-order valence-electron chi connectivity index (χ3n) is 6.66. The maximum absolute atomic E-state index is 13.0. The molecule has 0 amide bonds. The fraction of sp³-hybridized carbons (Fsp3) is 0.429. The van der Waals surface area contributed by atoms with Crippen LogP contribution in [0.2, 0.25) is 5.02 Å². The zero-order valence-electron chi connectivity index (χ0n) is 21.0. The number of hydrogen-bond donors (Lipinski definition) is 1. The molecule has 0 bridgehead atoms. The van der Waals surface area contributed by atoms with Gasteiger partial charge in [0.25, 0.3) is 5.56 Å². The van der Waals surface area contributed by atoms with E-state index >= 15 is 0 Å². The van der Waals surface area contributed by atoms with Gasteiger partial charge in [-0.2, -0.15) is 0 Å². The van der Waals surface area contributed by atoms with E-state index in [1.165, 1.54) is 0 Å². The summed E-state index contributed by atoms with van der Waals surface area (Å²) in [6, 6.07) is 13.6. The van der Waals surface area contributed by atoms with Crippen LogP contribution in [0.1, 0.15) is 79.9 Å². The number of aromatic nitrogens is 2. The number of methoxy groups -OCH3 is 1. The van der Waals surface area contributed by atoms with Gasteiger partial charge in [-0.15, -0.1) is 0 Å². The number of ether oxygens (including phenoxy) is 1. The quantitative estimate of drug-likeness (QED) is 0.299. The molecule has 2 aromatic heterocycles. The number of benzene rings is 1. The average molecular weight is 484 g/mol. The number of hydrogen-bond acceptors (Lipinski definition) is 3. The minimum Gasteiger partial charge on any atom is -0.496 e. The van der Waals surface area contributed by atoms with Crippen LogP contribution in [-0.2, 0) is 13.0 Å². The number of halogens is 1. The molecule has 0 saturated carbocycles. The summed E-state index contributed by atoms with van der Waals surface area (Å²) in [7, 11) is 1.66. The van der Waals surface area contributed by atoms with Gasteiger partial charge in [-0.25, -0.2) is 0 Å². The van der Waals surface area contributed by atoms with Gasteiger partial charge in [-0.1, -0.05) is 51.4 Å². The van der Waals surface area contributed by atoms with E-state index < -0.39 is 0 Å². The van der Waals surface area contributed by atoms with E-state index in [-0.39, 0.29) is 23.3 Å². The number of nitrogens with zero attached hydrogens (tertiary/aromatic N) is 2. The topological polar surface area (TPSA) is 55.3 Å². The summed E-state index contributed by atoms with van der Waals surface area (Å²) in [5.41, 5.74) is 4.68. The number of rotatable bonds is 9. The van der Waals surface area contributed by atoms with Gasteiger partial charge in [0.05, 0.1) is 12.1 Å².